The first-order valence-electron chi connectivity index (χ1n) is 5.85. The monoisotopic (exact) mass is 445 g/mol. The Hall–Kier alpha value is -1.56. The third kappa shape index (κ3) is 3.61. The fraction of sp³-hybridized carbons (Fsp3) is 0.0714. The summed E-state index contributed by atoms with van der Waals surface area (Å²) >= 11 is 6.44. The van der Waals surface area contributed by atoms with Crippen molar-refractivity contribution >= 4 is 42.0 Å². The first-order chi connectivity index (χ1) is 10.4. The van der Waals surface area contributed by atoms with Crippen LogP contribution in [0.3, 0.4) is 0 Å². The Balaban J connectivity index is 2.43. The van der Waals surface area contributed by atoms with E-state index in [-0.39, 0.29) is 16.4 Å². The highest BCUT2D eigenvalue weighted by molar-refractivity contribution is 9.11. The summed E-state index contributed by atoms with van der Waals surface area (Å²) in [6.07, 6.45) is 0. The molecule has 0 amide bonds. The molecule has 0 heterocycles. The maximum atomic E-state index is 12.4. The van der Waals surface area contributed by atoms with E-state index in [9.17, 15) is 8.42 Å². The van der Waals surface area contributed by atoms with Crippen molar-refractivity contribution in [1.82, 2.24) is 0 Å². The third-order valence-corrected chi connectivity index (χ3v) is 5.36. The van der Waals surface area contributed by atoms with Crippen LogP contribution < -0.4 is 8.92 Å². The zero-order valence-corrected chi connectivity index (χ0v) is 15.2. The minimum absolute atomic E-state index is 0.0105. The van der Waals surface area contributed by atoms with Gasteiger partial charge in [0, 0.05) is 15.0 Å². The highest BCUT2D eigenvalue weighted by Crippen LogP contribution is 2.33. The molecule has 0 aliphatic heterocycles. The van der Waals surface area contributed by atoms with Crippen molar-refractivity contribution in [2.24, 2.45) is 0 Å². The average Bonchev–Trinajstić information content (AvgIpc) is 2.46. The highest BCUT2D eigenvalue weighted by Gasteiger charge is 2.22. The fourth-order valence-corrected chi connectivity index (χ4v) is 4.29. The van der Waals surface area contributed by atoms with Crippen molar-refractivity contribution in [2.45, 2.75) is 4.90 Å². The number of methoxy groups -OCH3 is 1. The third-order valence-electron chi connectivity index (χ3n) is 2.66. The second-order valence-corrected chi connectivity index (χ2v) is 7.37. The van der Waals surface area contributed by atoms with Gasteiger partial charge in [-0.1, -0.05) is 15.9 Å². The van der Waals surface area contributed by atoms with E-state index in [1.165, 1.54) is 31.4 Å². The van der Waals surface area contributed by atoms with E-state index in [1.807, 2.05) is 6.07 Å². The summed E-state index contributed by atoms with van der Waals surface area (Å²) < 4.78 is 36.0. The number of rotatable bonds is 4. The summed E-state index contributed by atoms with van der Waals surface area (Å²) in [7, 11) is -2.68. The lowest BCUT2D eigenvalue weighted by Gasteiger charge is -2.12. The van der Waals surface area contributed by atoms with Gasteiger partial charge in [-0.2, -0.15) is 13.7 Å². The summed E-state index contributed by atoms with van der Waals surface area (Å²) in [5, 5.41) is 8.85. The van der Waals surface area contributed by atoms with Gasteiger partial charge < -0.3 is 8.92 Å². The van der Waals surface area contributed by atoms with Crippen LogP contribution in [0, 0.1) is 11.3 Å². The van der Waals surface area contributed by atoms with Crippen molar-refractivity contribution in [3.05, 3.63) is 50.9 Å². The molecule has 2 rings (SSSR count). The van der Waals surface area contributed by atoms with Gasteiger partial charge >= 0.3 is 10.1 Å². The molecular formula is C14H9Br2NO4S. The number of hydrogen-bond acceptors (Lipinski definition) is 5. The minimum Gasteiger partial charge on any atom is -0.493 e. The molecule has 0 aliphatic rings. The summed E-state index contributed by atoms with van der Waals surface area (Å²) in [5.41, 5.74) is 0.339. The molecular weight excluding hydrogens is 438 g/mol. The first kappa shape index (κ1) is 16.8. The van der Waals surface area contributed by atoms with Crippen molar-refractivity contribution in [2.75, 3.05) is 7.11 Å². The van der Waals surface area contributed by atoms with Crippen LogP contribution >= 0.6 is 31.9 Å². The molecule has 0 unspecified atom stereocenters. The summed E-state index contributed by atoms with van der Waals surface area (Å²) in [6, 6.07) is 10.8. The van der Waals surface area contributed by atoms with Gasteiger partial charge in [0.05, 0.1) is 18.7 Å². The molecule has 0 saturated heterocycles. The zero-order chi connectivity index (χ0) is 16.3. The molecule has 0 spiro atoms. The van der Waals surface area contributed by atoms with Gasteiger partial charge in [0.15, 0.2) is 11.5 Å². The average molecular weight is 447 g/mol. The Morgan fingerprint density at radius 2 is 1.82 bits per heavy atom. The van der Waals surface area contributed by atoms with Crippen LogP contribution in [0.15, 0.2) is 50.2 Å². The van der Waals surface area contributed by atoms with Crippen LogP contribution in [0.5, 0.6) is 11.5 Å². The van der Waals surface area contributed by atoms with Gasteiger partial charge in [-0.25, -0.2) is 0 Å². The zero-order valence-electron chi connectivity index (χ0n) is 11.2. The summed E-state index contributed by atoms with van der Waals surface area (Å²) in [4.78, 5) is -0.0119. The van der Waals surface area contributed by atoms with Crippen molar-refractivity contribution in [1.29, 1.82) is 5.26 Å². The van der Waals surface area contributed by atoms with Crippen molar-refractivity contribution in [3.8, 4) is 17.6 Å². The molecule has 0 atom stereocenters. The van der Waals surface area contributed by atoms with Gasteiger partial charge in [-0.15, -0.1) is 0 Å². The molecule has 22 heavy (non-hydrogen) atoms. The Bertz CT molecular complexity index is 860. The quantitative estimate of drug-likeness (QED) is 0.666. The van der Waals surface area contributed by atoms with E-state index >= 15 is 0 Å². The molecule has 0 aliphatic carbocycles. The van der Waals surface area contributed by atoms with E-state index in [0.717, 1.165) is 4.47 Å². The van der Waals surface area contributed by atoms with Crippen LogP contribution in [0.1, 0.15) is 5.56 Å². The highest BCUT2D eigenvalue weighted by atomic mass is 79.9. The number of nitriles is 1. The SMILES string of the molecule is COc1cc(C#N)ccc1OS(=O)(=O)c1ccc(Br)cc1Br. The van der Waals surface area contributed by atoms with E-state index < -0.39 is 10.1 Å². The largest absolute Gasteiger partial charge is 0.493 e. The minimum atomic E-state index is -4.04. The molecule has 0 radical (unpaired) electrons. The number of nitrogens with zero attached hydrogens (tertiary/aromatic N) is 1. The normalized spacial score (nSPS) is 10.8. The lowest BCUT2D eigenvalue weighted by atomic mass is 10.2. The molecule has 8 heteroatoms. The Kier molecular flexibility index (Phi) is 5.11. The molecule has 114 valence electrons. The molecule has 0 saturated carbocycles. The second-order valence-electron chi connectivity index (χ2n) is 4.09. The molecule has 0 N–H and O–H groups in total. The maximum Gasteiger partial charge on any atom is 0.340 e. The molecule has 0 fully saturated rings. The predicted molar refractivity (Wildman–Crippen MR) is 87.4 cm³/mol. The van der Waals surface area contributed by atoms with Crippen molar-refractivity contribution in [3.63, 3.8) is 0 Å². The molecule has 5 nitrogen and oxygen atoms in total. The number of hydrogen-bond donors (Lipinski definition) is 0. The Morgan fingerprint density at radius 1 is 1.09 bits per heavy atom. The molecule has 2 aromatic carbocycles. The molecule has 0 bridgehead atoms. The maximum absolute atomic E-state index is 12.4. The van der Waals surface area contributed by atoms with Crippen LogP contribution in [0.4, 0.5) is 0 Å². The lowest BCUT2D eigenvalue weighted by molar-refractivity contribution is 0.390. The standard InChI is InChI=1S/C14H9Br2NO4S/c1-20-13-6-9(8-17)2-4-12(13)21-22(18,19)14-5-3-10(15)7-11(14)16/h2-7H,1H3. The van der Waals surface area contributed by atoms with E-state index in [0.29, 0.717) is 10.0 Å². The van der Waals surface area contributed by atoms with Crippen LogP contribution in [0.2, 0.25) is 0 Å². The smallest absolute Gasteiger partial charge is 0.340 e. The predicted octanol–water partition coefficient (Wildman–Crippen LogP) is 3.86. The van der Waals surface area contributed by atoms with E-state index in [2.05, 4.69) is 31.9 Å². The Labute approximate surface area is 144 Å². The van der Waals surface area contributed by atoms with E-state index in [1.54, 1.807) is 12.1 Å². The topological polar surface area (TPSA) is 76.4 Å². The Morgan fingerprint density at radius 3 is 2.41 bits per heavy atom. The van der Waals surface area contributed by atoms with Gasteiger partial charge in [0.25, 0.3) is 0 Å². The van der Waals surface area contributed by atoms with Gasteiger partial charge in [-0.05, 0) is 46.3 Å². The molecule has 2 aromatic rings. The van der Waals surface area contributed by atoms with Gasteiger partial charge in [0.1, 0.15) is 4.90 Å². The van der Waals surface area contributed by atoms with Crippen LogP contribution in [0.25, 0.3) is 0 Å². The fourth-order valence-electron chi connectivity index (χ4n) is 1.65. The van der Waals surface area contributed by atoms with Crippen molar-refractivity contribution < 1.29 is 17.3 Å². The number of halogens is 2. The van der Waals surface area contributed by atoms with Gasteiger partial charge in [0.2, 0.25) is 0 Å². The number of ether oxygens (including phenoxy) is 1. The lowest BCUT2D eigenvalue weighted by Crippen LogP contribution is -2.11. The number of benzene rings is 2. The van der Waals surface area contributed by atoms with Crippen LogP contribution in [-0.2, 0) is 10.1 Å². The first-order valence-corrected chi connectivity index (χ1v) is 8.84. The van der Waals surface area contributed by atoms with E-state index in [4.69, 9.17) is 14.2 Å². The summed E-state index contributed by atoms with van der Waals surface area (Å²) in [5.74, 6) is 0.173. The second kappa shape index (κ2) is 6.69. The summed E-state index contributed by atoms with van der Waals surface area (Å²) in [6.45, 7) is 0. The van der Waals surface area contributed by atoms with Gasteiger partial charge in [-0.3, -0.25) is 0 Å². The van der Waals surface area contributed by atoms with Crippen LogP contribution in [-0.4, -0.2) is 15.5 Å². The molecule has 0 aromatic heterocycles.